The lowest BCUT2D eigenvalue weighted by Crippen LogP contribution is -2.06. The summed E-state index contributed by atoms with van der Waals surface area (Å²) < 4.78 is 3.79. The van der Waals surface area contributed by atoms with Gasteiger partial charge >= 0.3 is 0 Å². The van der Waals surface area contributed by atoms with Crippen molar-refractivity contribution in [3.63, 3.8) is 0 Å². The minimum Gasteiger partial charge on any atom is -0.309 e. The minimum absolute atomic E-state index is 0.146. The maximum Gasteiger partial charge on any atom is 0.0541 e. The zero-order valence-corrected chi connectivity index (χ0v) is 40.3. The number of thiophene rings is 1. The van der Waals surface area contributed by atoms with Gasteiger partial charge in [0.15, 0.2) is 0 Å². The predicted octanol–water partition coefficient (Wildman–Crippen LogP) is 19.5. The smallest absolute Gasteiger partial charge is 0.0541 e. The van der Waals surface area contributed by atoms with Crippen molar-refractivity contribution in [3.05, 3.63) is 276 Å². The number of fused-ring (bicyclic) bond motifs is 8. The van der Waals surface area contributed by atoms with Crippen molar-refractivity contribution in [3.8, 4) is 39.1 Å². The SMILES string of the molecule is C=C/C(=C\C=C/C)c1cc(-c2ccccc2)cc2c3c(sc12)C(c1ccc2c(c1)c1ccccc1n2-c1ccc2c(-c4ccccc4)c4ccccc4c(-c4ccccc4)c2c1)CC(c1ccccc1)=C3. The maximum absolute atomic E-state index is 4.32. The second-order valence-corrected chi connectivity index (χ2v) is 19.7. The molecule has 12 aromatic rings. The van der Waals surface area contributed by atoms with Gasteiger partial charge in [-0.25, -0.2) is 0 Å². The number of rotatable bonds is 9. The Kier molecular flexibility index (Phi) is 10.6. The van der Waals surface area contributed by atoms with E-state index in [2.05, 4.69) is 261 Å². The van der Waals surface area contributed by atoms with Crippen LogP contribution in [0.1, 0.15) is 46.4 Å². The van der Waals surface area contributed by atoms with E-state index in [1.807, 2.05) is 17.4 Å². The van der Waals surface area contributed by atoms with Crippen LogP contribution in [0, 0.1) is 0 Å². The van der Waals surface area contributed by atoms with Crippen molar-refractivity contribution in [2.75, 3.05) is 0 Å². The van der Waals surface area contributed by atoms with Gasteiger partial charge in [0.1, 0.15) is 0 Å². The van der Waals surface area contributed by atoms with Gasteiger partial charge in [-0.1, -0.05) is 207 Å². The lowest BCUT2D eigenvalue weighted by molar-refractivity contribution is 0.854. The number of hydrogen-bond donors (Lipinski definition) is 0. The van der Waals surface area contributed by atoms with Gasteiger partial charge in [-0.15, -0.1) is 11.3 Å². The molecule has 10 aromatic carbocycles. The molecule has 2 aromatic heterocycles. The fourth-order valence-electron chi connectivity index (χ4n) is 11.4. The van der Waals surface area contributed by atoms with Crippen LogP contribution in [-0.4, -0.2) is 4.57 Å². The van der Waals surface area contributed by atoms with E-state index in [0.717, 1.165) is 17.7 Å². The van der Waals surface area contributed by atoms with E-state index in [0.29, 0.717) is 0 Å². The number of allylic oxidation sites excluding steroid dienone is 6. The van der Waals surface area contributed by atoms with Gasteiger partial charge in [0.2, 0.25) is 0 Å². The van der Waals surface area contributed by atoms with Crippen LogP contribution in [0.3, 0.4) is 0 Å². The third-order valence-electron chi connectivity index (χ3n) is 14.7. The molecule has 0 spiro atoms. The van der Waals surface area contributed by atoms with E-state index >= 15 is 0 Å². The molecular weight excluding hydrogens is 875 g/mol. The normalized spacial score (nSPS) is 14.0. The van der Waals surface area contributed by atoms with E-state index in [1.54, 1.807) is 0 Å². The van der Waals surface area contributed by atoms with Gasteiger partial charge in [-0.2, -0.15) is 0 Å². The largest absolute Gasteiger partial charge is 0.309 e. The van der Waals surface area contributed by atoms with Crippen molar-refractivity contribution in [2.24, 2.45) is 0 Å². The second kappa shape index (κ2) is 17.8. The summed E-state index contributed by atoms with van der Waals surface area (Å²) in [5, 5.41) is 8.81. The Morgan fingerprint density at radius 1 is 0.507 bits per heavy atom. The monoisotopic (exact) mass is 923 g/mol. The number of aromatic nitrogens is 1. The van der Waals surface area contributed by atoms with Crippen LogP contribution < -0.4 is 0 Å². The lowest BCUT2D eigenvalue weighted by atomic mass is 9.80. The fourth-order valence-corrected chi connectivity index (χ4v) is 12.8. The van der Waals surface area contributed by atoms with Crippen molar-refractivity contribution in [1.29, 1.82) is 0 Å². The van der Waals surface area contributed by atoms with Gasteiger partial charge in [0.25, 0.3) is 0 Å². The molecule has 0 bridgehead atoms. The molecule has 0 radical (unpaired) electrons. The summed E-state index contributed by atoms with van der Waals surface area (Å²) in [5.41, 5.74) is 18.5. The molecule has 0 amide bonds. The molecule has 0 fully saturated rings. The van der Waals surface area contributed by atoms with Gasteiger partial charge in [0, 0.05) is 42.9 Å². The third kappa shape index (κ3) is 7.22. The Bertz CT molecular complexity index is 4130. The highest BCUT2D eigenvalue weighted by Gasteiger charge is 2.30. The van der Waals surface area contributed by atoms with Gasteiger partial charge < -0.3 is 4.57 Å². The molecule has 0 N–H and O–H groups in total. The summed E-state index contributed by atoms with van der Waals surface area (Å²) in [5.74, 6) is 0.146. The first-order valence-corrected chi connectivity index (χ1v) is 25.5. The highest BCUT2D eigenvalue weighted by molar-refractivity contribution is 7.20. The number of para-hydroxylation sites is 1. The first-order chi connectivity index (χ1) is 35.1. The summed E-state index contributed by atoms with van der Waals surface area (Å²) in [6, 6.07) is 80.8. The van der Waals surface area contributed by atoms with Crippen molar-refractivity contribution in [2.45, 2.75) is 19.3 Å². The van der Waals surface area contributed by atoms with Crippen molar-refractivity contribution >= 4 is 82.0 Å². The number of nitrogens with zero attached hydrogens (tertiary/aromatic N) is 1. The number of benzene rings is 10. The van der Waals surface area contributed by atoms with Crippen molar-refractivity contribution < 1.29 is 0 Å². The Balaban J connectivity index is 1.03. The fraction of sp³-hybridized carbons (Fsp3) is 0.0435. The molecule has 1 atom stereocenters. The van der Waals surface area contributed by atoms with Crippen LogP contribution in [0.15, 0.2) is 249 Å². The van der Waals surface area contributed by atoms with Crippen LogP contribution in [0.5, 0.6) is 0 Å². The van der Waals surface area contributed by atoms with E-state index in [9.17, 15) is 0 Å². The summed E-state index contributed by atoms with van der Waals surface area (Å²) >= 11 is 1.96. The quantitative estimate of drug-likeness (QED) is 0.100. The topological polar surface area (TPSA) is 4.93 Å². The molecule has 0 saturated carbocycles. The molecule has 0 aliphatic heterocycles. The zero-order chi connectivity index (χ0) is 47.4. The van der Waals surface area contributed by atoms with Crippen LogP contribution in [0.25, 0.3) is 110 Å². The molecule has 0 saturated heterocycles. The standard InChI is InChI=1S/C69H49NS/c1-3-5-22-45(4-2)58-40-51(46-23-10-6-11-24-46)42-62-63-43-52(47-25-12-7-13-26-47)41-59(69(63)71-68(58)62)50-35-38-65-60(39-50)54-31-20-21-34-64(54)70(65)53-36-37-57-61(44-53)67(49-29-16-9-17-30-49)56-33-19-18-32-55(56)66(57)48-27-14-8-15-28-48/h3-40,42-44,59H,2,41H2,1H3/b5-3-,45-22+. The van der Waals surface area contributed by atoms with Gasteiger partial charge in [0.05, 0.1) is 11.0 Å². The van der Waals surface area contributed by atoms with Crippen LogP contribution in [-0.2, 0) is 0 Å². The van der Waals surface area contributed by atoms with E-state index in [1.165, 1.54) is 120 Å². The molecule has 1 aliphatic rings. The molecule has 2 heteroatoms. The first-order valence-electron chi connectivity index (χ1n) is 24.7. The van der Waals surface area contributed by atoms with E-state index < -0.39 is 0 Å². The highest BCUT2D eigenvalue weighted by Crippen LogP contribution is 2.52. The van der Waals surface area contributed by atoms with E-state index in [4.69, 9.17) is 0 Å². The highest BCUT2D eigenvalue weighted by atomic mass is 32.1. The van der Waals surface area contributed by atoms with Crippen molar-refractivity contribution in [1.82, 2.24) is 4.57 Å². The van der Waals surface area contributed by atoms with Gasteiger partial charge in [-0.05, 0) is 145 Å². The molecule has 71 heavy (non-hydrogen) atoms. The molecule has 2 heterocycles. The summed E-state index contributed by atoms with van der Waals surface area (Å²) in [6.45, 7) is 6.39. The number of hydrogen-bond acceptors (Lipinski definition) is 1. The van der Waals surface area contributed by atoms with Crippen LogP contribution in [0.2, 0.25) is 0 Å². The Morgan fingerprint density at radius 2 is 1.08 bits per heavy atom. The maximum atomic E-state index is 4.32. The van der Waals surface area contributed by atoms with Crippen LogP contribution >= 0.6 is 11.3 Å². The Morgan fingerprint density at radius 3 is 1.75 bits per heavy atom. The van der Waals surface area contributed by atoms with Gasteiger partial charge in [-0.3, -0.25) is 0 Å². The predicted molar refractivity (Wildman–Crippen MR) is 308 cm³/mol. The molecule has 336 valence electrons. The zero-order valence-electron chi connectivity index (χ0n) is 39.5. The molecule has 1 unspecified atom stereocenters. The van der Waals surface area contributed by atoms with Crippen LogP contribution in [0.4, 0.5) is 0 Å². The average Bonchev–Trinajstić information content (AvgIpc) is 3.99. The Labute approximate surface area is 418 Å². The Hall–Kier alpha value is -8.56. The lowest BCUT2D eigenvalue weighted by Gasteiger charge is -2.24. The summed E-state index contributed by atoms with van der Waals surface area (Å²) in [7, 11) is 0. The second-order valence-electron chi connectivity index (χ2n) is 18.7. The van der Waals surface area contributed by atoms with E-state index in [-0.39, 0.29) is 5.92 Å². The average molecular weight is 924 g/mol. The third-order valence-corrected chi connectivity index (χ3v) is 16.0. The molecule has 1 aliphatic carbocycles. The molecular formula is C69H49NS. The summed E-state index contributed by atoms with van der Waals surface area (Å²) in [4.78, 5) is 1.41. The summed E-state index contributed by atoms with van der Waals surface area (Å²) in [6.07, 6.45) is 11.8. The first kappa shape index (κ1) is 42.5. The molecule has 1 nitrogen and oxygen atoms in total. The molecule has 13 rings (SSSR count). The minimum atomic E-state index is 0.146.